The molecule has 2 fully saturated rings. The van der Waals surface area contributed by atoms with Crippen LogP contribution in [0.15, 0.2) is 60.7 Å². The zero-order valence-electron chi connectivity index (χ0n) is 16.7. The molecule has 0 spiro atoms. The Balaban J connectivity index is 0.00000205. The van der Waals surface area contributed by atoms with E-state index in [1.165, 1.54) is 23.1 Å². The molecule has 1 amide bonds. The maximum Gasteiger partial charge on any atom is 0.412 e. The van der Waals surface area contributed by atoms with Gasteiger partial charge in [-0.1, -0.05) is 48.6 Å². The van der Waals surface area contributed by atoms with Gasteiger partial charge in [0.15, 0.2) is 0 Å². The number of hydrogen-bond acceptors (Lipinski definition) is 2. The molecule has 4 aliphatic rings. The number of benzene rings is 1. The van der Waals surface area contributed by atoms with Gasteiger partial charge in [-0.05, 0) is 80.2 Å². The van der Waals surface area contributed by atoms with E-state index >= 15 is 0 Å². The minimum absolute atomic E-state index is 0. The molecule has 4 atom stereocenters. The number of allylic oxidation sites excluding steroid dienone is 8. The number of rotatable bonds is 3. The predicted molar refractivity (Wildman–Crippen MR) is 115 cm³/mol. The van der Waals surface area contributed by atoms with Gasteiger partial charge in [0, 0.05) is 12.5 Å². The molecule has 0 aliphatic heterocycles. The highest BCUT2D eigenvalue weighted by Gasteiger charge is 2.53. The highest BCUT2D eigenvalue weighted by molar-refractivity contribution is 5.87. The Labute approximate surface area is 168 Å². The Kier molecular flexibility index (Phi) is 3.74. The van der Waals surface area contributed by atoms with Crippen molar-refractivity contribution in [1.29, 1.82) is 0 Å². The Hall–Kier alpha value is -2.55. The maximum atomic E-state index is 12.4. The van der Waals surface area contributed by atoms with Gasteiger partial charge in [0.25, 0.3) is 0 Å². The van der Waals surface area contributed by atoms with Crippen LogP contribution in [0, 0.1) is 17.8 Å². The maximum absolute atomic E-state index is 12.4. The van der Waals surface area contributed by atoms with Gasteiger partial charge in [-0.2, -0.15) is 0 Å². The van der Waals surface area contributed by atoms with Crippen LogP contribution in [0.3, 0.4) is 0 Å². The normalized spacial score (nSPS) is 31.5. The minimum atomic E-state index is -0.514. The van der Waals surface area contributed by atoms with Gasteiger partial charge < -0.3 is 4.74 Å². The fourth-order valence-corrected chi connectivity index (χ4v) is 4.67. The van der Waals surface area contributed by atoms with Gasteiger partial charge >= 0.3 is 6.09 Å². The van der Waals surface area contributed by atoms with E-state index in [1.54, 1.807) is 0 Å². The molecule has 0 saturated heterocycles. The van der Waals surface area contributed by atoms with E-state index in [9.17, 15) is 4.79 Å². The van der Waals surface area contributed by atoms with Gasteiger partial charge in [-0.25, -0.2) is 4.79 Å². The molecule has 0 radical (unpaired) electrons. The predicted octanol–water partition coefficient (Wildman–Crippen LogP) is 6.25. The zero-order chi connectivity index (χ0) is 19.5. The first kappa shape index (κ1) is 17.5. The third-order valence-electron chi connectivity index (χ3n) is 6.23. The third-order valence-corrected chi connectivity index (χ3v) is 6.23. The van der Waals surface area contributed by atoms with E-state index in [2.05, 4.69) is 66.0 Å². The molecule has 4 aliphatic carbocycles. The summed E-state index contributed by atoms with van der Waals surface area (Å²) in [5, 5.41) is 2.97. The van der Waals surface area contributed by atoms with Crippen LogP contribution < -0.4 is 5.32 Å². The van der Waals surface area contributed by atoms with Crippen LogP contribution in [0.1, 0.15) is 46.2 Å². The van der Waals surface area contributed by atoms with E-state index in [1.807, 2.05) is 20.8 Å². The molecule has 4 unspecified atom stereocenters. The number of anilines is 1. The molecule has 3 nitrogen and oxygen atoms in total. The lowest BCUT2D eigenvalue weighted by molar-refractivity contribution is 0.0636. The van der Waals surface area contributed by atoms with Crippen molar-refractivity contribution < 1.29 is 11.0 Å². The molecule has 2 saturated carbocycles. The third kappa shape index (κ3) is 3.13. The van der Waals surface area contributed by atoms with Gasteiger partial charge in [0.05, 0.1) is 0 Å². The summed E-state index contributed by atoms with van der Waals surface area (Å²) < 4.78 is 5.48. The van der Waals surface area contributed by atoms with Gasteiger partial charge in [-0.3, -0.25) is 5.32 Å². The average Bonchev–Trinajstić information content (AvgIpc) is 3.51. The molecule has 5 rings (SSSR count). The van der Waals surface area contributed by atoms with Crippen molar-refractivity contribution >= 4 is 17.4 Å². The lowest BCUT2D eigenvalue weighted by Crippen LogP contribution is -2.27. The van der Waals surface area contributed by atoms with Crippen LogP contribution in [0.25, 0.3) is 5.57 Å². The molecule has 1 aromatic rings. The van der Waals surface area contributed by atoms with Crippen molar-refractivity contribution in [3.63, 3.8) is 0 Å². The van der Waals surface area contributed by atoms with Gasteiger partial charge in [-0.15, -0.1) is 0 Å². The molecule has 3 heteroatoms. The molecule has 0 aromatic heterocycles. The van der Waals surface area contributed by atoms with Gasteiger partial charge in [0.2, 0.25) is 0 Å². The van der Waals surface area contributed by atoms with E-state index < -0.39 is 11.7 Å². The summed E-state index contributed by atoms with van der Waals surface area (Å²) in [5.74, 6) is 1.88. The Morgan fingerprint density at radius 1 is 1.18 bits per heavy atom. The SMILES string of the molecule is CC(C)(C)OC(=O)Nc1cc(C2=CC=CC3CC23)cc(C23C=CC=CC2C3)c1.[HH]. The Bertz CT molecular complexity index is 966. The summed E-state index contributed by atoms with van der Waals surface area (Å²) in [4.78, 5) is 12.4. The summed E-state index contributed by atoms with van der Waals surface area (Å²) in [6.07, 6.45) is 17.6. The second-order valence-electron chi connectivity index (χ2n) is 9.53. The molecular weight excluding hydrogens is 346 g/mol. The highest BCUT2D eigenvalue weighted by atomic mass is 16.6. The number of amides is 1. The molecule has 28 heavy (non-hydrogen) atoms. The largest absolute Gasteiger partial charge is 0.444 e. The molecule has 146 valence electrons. The van der Waals surface area contributed by atoms with Crippen molar-refractivity contribution in [3.05, 3.63) is 71.9 Å². The highest BCUT2D eigenvalue weighted by Crippen LogP contribution is 2.59. The van der Waals surface area contributed by atoms with Crippen LogP contribution in [-0.4, -0.2) is 11.7 Å². The van der Waals surface area contributed by atoms with Crippen LogP contribution in [0.4, 0.5) is 10.5 Å². The van der Waals surface area contributed by atoms with Crippen molar-refractivity contribution in [3.8, 4) is 0 Å². The van der Waals surface area contributed by atoms with Crippen molar-refractivity contribution in [2.75, 3.05) is 5.32 Å². The number of carbonyl (C=O) groups is 1. The van der Waals surface area contributed by atoms with Gasteiger partial charge in [0.1, 0.15) is 5.60 Å². The van der Waals surface area contributed by atoms with Crippen LogP contribution in [-0.2, 0) is 10.2 Å². The molecular formula is C25H29NO2. The zero-order valence-corrected chi connectivity index (χ0v) is 16.7. The second-order valence-corrected chi connectivity index (χ2v) is 9.53. The first-order valence-electron chi connectivity index (χ1n) is 10.2. The summed E-state index contributed by atoms with van der Waals surface area (Å²) in [6.45, 7) is 5.65. The lowest BCUT2D eigenvalue weighted by atomic mass is 9.86. The second kappa shape index (κ2) is 5.97. The minimum Gasteiger partial charge on any atom is -0.444 e. The first-order chi connectivity index (χ1) is 13.3. The average molecular weight is 376 g/mol. The quantitative estimate of drug-likeness (QED) is 0.678. The molecule has 0 bridgehead atoms. The van der Waals surface area contributed by atoms with E-state index in [0.29, 0.717) is 17.8 Å². The van der Waals surface area contributed by atoms with E-state index in [4.69, 9.17) is 4.74 Å². The summed E-state index contributed by atoms with van der Waals surface area (Å²) in [7, 11) is 0. The molecule has 1 N–H and O–H groups in total. The smallest absolute Gasteiger partial charge is 0.412 e. The molecule has 0 heterocycles. The lowest BCUT2D eigenvalue weighted by Gasteiger charge is -2.22. The summed E-state index contributed by atoms with van der Waals surface area (Å²) in [5.41, 5.74) is 4.29. The fourth-order valence-electron chi connectivity index (χ4n) is 4.67. The van der Waals surface area contributed by atoms with E-state index in [0.717, 1.165) is 12.1 Å². The topological polar surface area (TPSA) is 38.3 Å². The monoisotopic (exact) mass is 375 g/mol. The fraction of sp³-hybridized carbons (Fsp3) is 0.400. The van der Waals surface area contributed by atoms with E-state index in [-0.39, 0.29) is 6.84 Å². The number of hydrogen-bond donors (Lipinski definition) is 1. The van der Waals surface area contributed by atoms with Crippen molar-refractivity contribution in [1.82, 2.24) is 0 Å². The standard InChI is InChI=1S/C25H27NO2.H2/c1-24(2,3)28-23(27)26-20-12-17(21-9-6-7-16-13-22(16)21)11-19(14-20)25-10-5-4-8-18(25)15-25;/h4-12,14,16,18,22H,13,15H2,1-3H3,(H,26,27);1H. The Morgan fingerprint density at radius 2 is 2.04 bits per heavy atom. The number of ether oxygens (including phenoxy) is 1. The van der Waals surface area contributed by atoms with Crippen molar-refractivity contribution in [2.45, 2.75) is 44.6 Å². The molecule has 1 aromatic carbocycles. The van der Waals surface area contributed by atoms with Crippen LogP contribution in [0.5, 0.6) is 0 Å². The van der Waals surface area contributed by atoms with Crippen LogP contribution >= 0.6 is 0 Å². The number of nitrogens with one attached hydrogen (secondary N) is 1. The van der Waals surface area contributed by atoms with Crippen molar-refractivity contribution in [2.24, 2.45) is 17.8 Å². The summed E-state index contributed by atoms with van der Waals surface area (Å²) in [6, 6.07) is 6.56. The Morgan fingerprint density at radius 3 is 2.82 bits per heavy atom. The van der Waals surface area contributed by atoms with Crippen LogP contribution in [0.2, 0.25) is 0 Å². The first-order valence-corrected chi connectivity index (χ1v) is 10.2. The summed E-state index contributed by atoms with van der Waals surface area (Å²) >= 11 is 0. The number of carbonyl (C=O) groups excluding carboxylic acids is 1. The number of fused-ring (bicyclic) bond motifs is 2.